The highest BCUT2D eigenvalue weighted by molar-refractivity contribution is 5.88. The Bertz CT molecular complexity index is 2200. The highest BCUT2D eigenvalue weighted by Crippen LogP contribution is 2.32. The van der Waals surface area contributed by atoms with Gasteiger partial charge in [-0.25, -0.2) is 9.59 Å². The molecule has 0 radical (unpaired) electrons. The van der Waals surface area contributed by atoms with Gasteiger partial charge in [0.2, 0.25) is 6.29 Å². The number of phenols is 4. The van der Waals surface area contributed by atoms with E-state index >= 15 is 0 Å². The Kier molecular flexibility index (Phi) is 10.7. The van der Waals surface area contributed by atoms with Crippen LogP contribution < -0.4 is 10.2 Å². The summed E-state index contributed by atoms with van der Waals surface area (Å²) in [6.07, 6.45) is -2.86. The predicted molar refractivity (Wildman–Crippen MR) is 188 cm³/mol. The molecule has 5 atom stereocenters. The fourth-order valence-corrected chi connectivity index (χ4v) is 5.38. The summed E-state index contributed by atoms with van der Waals surface area (Å²) in [7, 11) is 0. The monoisotopic (exact) mass is 724 g/mol. The van der Waals surface area contributed by atoms with E-state index in [0.717, 1.165) is 18.2 Å². The first-order valence-electron chi connectivity index (χ1n) is 16.0. The summed E-state index contributed by atoms with van der Waals surface area (Å²) >= 11 is 0. The SMILES string of the molecule is O=C(/C=C/c1ccc(O)cc1)OC[C@@H]1O[C@H](Oc2ccc(-c3cc(=O)c4c(O)cc(O)cc4o3)cc2)[C@@H](OC(=O)/C=C/c2ccc(O)cc2)[C@H](O)[C@H]1O. The fraction of sp³-hybridized carbons (Fsp3) is 0.154. The molecular weight excluding hydrogens is 692 g/mol. The van der Waals surface area contributed by atoms with Crippen molar-refractivity contribution >= 4 is 35.1 Å². The fourth-order valence-electron chi connectivity index (χ4n) is 5.38. The van der Waals surface area contributed by atoms with Gasteiger partial charge in [-0.1, -0.05) is 24.3 Å². The summed E-state index contributed by atoms with van der Waals surface area (Å²) < 4.78 is 28.3. The molecule has 0 amide bonds. The highest BCUT2D eigenvalue weighted by atomic mass is 16.7. The first-order valence-corrected chi connectivity index (χ1v) is 16.0. The summed E-state index contributed by atoms with van der Waals surface area (Å²) in [5.74, 6) is -2.13. The number of fused-ring (bicyclic) bond motifs is 1. The van der Waals surface area contributed by atoms with Crippen LogP contribution in [0, 0.1) is 0 Å². The van der Waals surface area contributed by atoms with Gasteiger partial charge in [0.05, 0.1) is 0 Å². The van der Waals surface area contributed by atoms with E-state index in [1.54, 1.807) is 24.3 Å². The minimum absolute atomic E-state index is 0.0326. The Labute approximate surface area is 300 Å². The standard InChI is InChI=1S/C39H32O14/c40-24-9-1-21(2-10-24)5-15-33(45)49-20-32-36(47)37(48)38(53-34(46)16-6-22-3-11-25(41)12-4-22)39(52-32)50-27-13-7-23(8-14-27)30-19-29(44)35-28(43)17-26(42)18-31(35)51-30/h1-19,32,36-43,47-48H,20H2/b15-5+,16-6+/t32-,36-,37+,38-,39-/m0/s1. The number of aliphatic hydroxyl groups is 2. The van der Waals surface area contributed by atoms with Gasteiger partial charge in [-0.15, -0.1) is 0 Å². The topological polar surface area (TPSA) is 223 Å². The maximum absolute atomic E-state index is 12.8. The first kappa shape index (κ1) is 36.2. The average molecular weight is 725 g/mol. The van der Waals surface area contributed by atoms with Crippen molar-refractivity contribution in [2.75, 3.05) is 6.61 Å². The van der Waals surface area contributed by atoms with Crippen LogP contribution in [0.25, 0.3) is 34.4 Å². The zero-order valence-electron chi connectivity index (χ0n) is 27.5. The maximum atomic E-state index is 12.8. The van der Waals surface area contributed by atoms with Crippen molar-refractivity contribution in [2.24, 2.45) is 0 Å². The molecule has 0 unspecified atom stereocenters. The molecule has 0 saturated carbocycles. The van der Waals surface area contributed by atoms with Gasteiger partial charge in [0, 0.05) is 35.9 Å². The van der Waals surface area contributed by atoms with Crippen LogP contribution in [0.1, 0.15) is 11.1 Å². The molecule has 1 saturated heterocycles. The third-order valence-electron chi connectivity index (χ3n) is 8.08. The molecule has 2 heterocycles. The van der Waals surface area contributed by atoms with Crippen molar-refractivity contribution in [3.63, 3.8) is 0 Å². The molecule has 53 heavy (non-hydrogen) atoms. The van der Waals surface area contributed by atoms with Crippen LogP contribution >= 0.6 is 0 Å². The number of aliphatic hydroxyl groups excluding tert-OH is 2. The molecule has 1 aliphatic rings. The number of aromatic hydroxyl groups is 4. The van der Waals surface area contributed by atoms with Crippen LogP contribution in [0.15, 0.2) is 112 Å². The Morgan fingerprint density at radius 3 is 1.94 bits per heavy atom. The smallest absolute Gasteiger partial charge is 0.331 e. The Balaban J connectivity index is 1.20. The third kappa shape index (κ3) is 8.83. The lowest BCUT2D eigenvalue weighted by atomic mass is 9.99. The molecule has 6 rings (SSSR count). The summed E-state index contributed by atoms with van der Waals surface area (Å²) in [5, 5.41) is 60.8. The number of rotatable bonds is 10. The minimum atomic E-state index is -1.77. The Morgan fingerprint density at radius 1 is 0.717 bits per heavy atom. The van der Waals surface area contributed by atoms with Crippen molar-refractivity contribution in [2.45, 2.75) is 30.7 Å². The second-order valence-electron chi connectivity index (χ2n) is 11.9. The zero-order chi connectivity index (χ0) is 37.6. The molecule has 0 spiro atoms. The van der Waals surface area contributed by atoms with E-state index in [9.17, 15) is 45.0 Å². The summed E-state index contributed by atoms with van der Waals surface area (Å²) in [6, 6.07) is 21.4. The van der Waals surface area contributed by atoms with Crippen LogP contribution in [-0.2, 0) is 23.8 Å². The second kappa shape index (κ2) is 15.7. The molecule has 0 aliphatic carbocycles. The molecule has 272 valence electrons. The van der Waals surface area contributed by atoms with Gasteiger partial charge < -0.3 is 54.0 Å². The van der Waals surface area contributed by atoms with Crippen LogP contribution in [0.2, 0.25) is 0 Å². The third-order valence-corrected chi connectivity index (χ3v) is 8.08. The van der Waals surface area contributed by atoms with Gasteiger partial charge in [0.25, 0.3) is 0 Å². The van der Waals surface area contributed by atoms with E-state index in [0.29, 0.717) is 16.7 Å². The number of carbonyl (C=O) groups excluding carboxylic acids is 2. The molecule has 1 aliphatic heterocycles. The molecule has 14 nitrogen and oxygen atoms in total. The quantitative estimate of drug-likeness (QED) is 0.0886. The van der Waals surface area contributed by atoms with E-state index in [4.69, 9.17) is 23.4 Å². The van der Waals surface area contributed by atoms with E-state index in [1.165, 1.54) is 72.8 Å². The number of hydrogen-bond acceptors (Lipinski definition) is 14. The predicted octanol–water partition coefficient (Wildman–Crippen LogP) is 3.99. The molecule has 0 bridgehead atoms. The summed E-state index contributed by atoms with van der Waals surface area (Å²) in [4.78, 5) is 38.0. The number of phenolic OH excluding ortho intramolecular Hbond substituents is 4. The van der Waals surface area contributed by atoms with Gasteiger partial charge in [-0.2, -0.15) is 0 Å². The van der Waals surface area contributed by atoms with Crippen LogP contribution in [0.4, 0.5) is 0 Å². The lowest BCUT2D eigenvalue weighted by Crippen LogP contribution is -2.61. The molecule has 1 fully saturated rings. The average Bonchev–Trinajstić information content (AvgIpc) is 3.13. The number of benzene rings is 4. The maximum Gasteiger partial charge on any atom is 0.331 e. The van der Waals surface area contributed by atoms with Crippen molar-refractivity contribution < 1.29 is 63.6 Å². The summed E-state index contributed by atoms with van der Waals surface area (Å²) in [5.41, 5.74) is 0.986. The van der Waals surface area contributed by atoms with Gasteiger partial charge in [0.15, 0.2) is 11.5 Å². The lowest BCUT2D eigenvalue weighted by molar-refractivity contribution is -0.281. The van der Waals surface area contributed by atoms with Gasteiger partial charge in [-0.3, -0.25) is 4.79 Å². The van der Waals surface area contributed by atoms with Gasteiger partial charge in [-0.05, 0) is 71.8 Å². The lowest BCUT2D eigenvalue weighted by Gasteiger charge is -2.41. The largest absolute Gasteiger partial charge is 0.508 e. The zero-order valence-corrected chi connectivity index (χ0v) is 27.5. The van der Waals surface area contributed by atoms with Crippen molar-refractivity contribution in [3.05, 3.63) is 124 Å². The molecular formula is C39H32O14. The van der Waals surface area contributed by atoms with Crippen LogP contribution in [0.3, 0.4) is 0 Å². The van der Waals surface area contributed by atoms with Gasteiger partial charge in [0.1, 0.15) is 70.4 Å². The van der Waals surface area contributed by atoms with Crippen molar-refractivity contribution in [1.82, 2.24) is 0 Å². The Morgan fingerprint density at radius 2 is 1.32 bits per heavy atom. The minimum Gasteiger partial charge on any atom is -0.508 e. The van der Waals surface area contributed by atoms with Crippen LogP contribution in [-0.4, -0.2) is 79.9 Å². The molecule has 1 aromatic heterocycles. The number of hydrogen-bond donors (Lipinski definition) is 6. The normalized spacial score (nSPS) is 20.1. The molecule has 4 aromatic carbocycles. The molecule has 14 heteroatoms. The van der Waals surface area contributed by atoms with E-state index in [-0.39, 0.29) is 39.7 Å². The first-order chi connectivity index (χ1) is 25.4. The van der Waals surface area contributed by atoms with E-state index < -0.39 is 60.4 Å². The number of esters is 2. The number of ether oxygens (including phenoxy) is 4. The molecule has 6 N–H and O–H groups in total. The van der Waals surface area contributed by atoms with Gasteiger partial charge >= 0.3 is 11.9 Å². The van der Waals surface area contributed by atoms with Crippen molar-refractivity contribution in [3.8, 4) is 40.1 Å². The second-order valence-corrected chi connectivity index (χ2v) is 11.9. The van der Waals surface area contributed by atoms with Crippen molar-refractivity contribution in [1.29, 1.82) is 0 Å². The van der Waals surface area contributed by atoms with E-state index in [1.807, 2.05) is 0 Å². The number of carbonyl (C=O) groups is 2. The van der Waals surface area contributed by atoms with E-state index in [2.05, 4.69) is 0 Å². The highest BCUT2D eigenvalue weighted by Gasteiger charge is 2.48. The summed E-state index contributed by atoms with van der Waals surface area (Å²) in [6.45, 7) is -0.525. The van der Waals surface area contributed by atoms with Crippen LogP contribution in [0.5, 0.6) is 28.7 Å². The molecule has 5 aromatic rings. The Hall–Kier alpha value is -6.61.